The van der Waals surface area contributed by atoms with Crippen LogP contribution in [0.3, 0.4) is 0 Å². The number of benzene rings is 1. The lowest BCUT2D eigenvalue weighted by molar-refractivity contribution is -0.0274. The van der Waals surface area contributed by atoms with Gasteiger partial charge in [0.15, 0.2) is 0 Å². The Labute approximate surface area is 136 Å². The van der Waals surface area contributed by atoms with Crippen molar-refractivity contribution in [3.63, 3.8) is 0 Å². The van der Waals surface area contributed by atoms with E-state index < -0.39 is 5.60 Å². The molecule has 2 atom stereocenters. The van der Waals surface area contributed by atoms with E-state index in [0.717, 1.165) is 30.7 Å². The van der Waals surface area contributed by atoms with E-state index in [-0.39, 0.29) is 6.04 Å². The van der Waals surface area contributed by atoms with Crippen molar-refractivity contribution in [2.24, 2.45) is 0 Å². The van der Waals surface area contributed by atoms with Crippen molar-refractivity contribution in [2.75, 3.05) is 13.7 Å². The van der Waals surface area contributed by atoms with Gasteiger partial charge in [0.25, 0.3) is 0 Å². The second-order valence-electron chi connectivity index (χ2n) is 6.22. The smallest absolute Gasteiger partial charge is 0.230 e. The van der Waals surface area contributed by atoms with Gasteiger partial charge >= 0.3 is 0 Å². The maximum absolute atomic E-state index is 11.2. The van der Waals surface area contributed by atoms with E-state index in [1.807, 2.05) is 31.2 Å². The zero-order chi connectivity index (χ0) is 16.4. The summed E-state index contributed by atoms with van der Waals surface area (Å²) in [6.07, 6.45) is 1.98. The van der Waals surface area contributed by atoms with E-state index in [4.69, 9.17) is 9.15 Å². The normalized spacial score (nSPS) is 21.3. The average Bonchev–Trinajstić information content (AvgIpc) is 3.17. The molecule has 6 nitrogen and oxygen atoms in total. The second-order valence-corrected chi connectivity index (χ2v) is 6.22. The molecular weight excluding hydrogens is 294 g/mol. The summed E-state index contributed by atoms with van der Waals surface area (Å²) in [5.41, 5.74) is -0.0606. The van der Waals surface area contributed by atoms with Crippen molar-refractivity contribution in [3.8, 4) is 5.75 Å². The number of likely N-dealkylation sites (tertiary alicyclic amines) is 1. The van der Waals surface area contributed by atoms with Crippen LogP contribution in [0.15, 0.2) is 28.7 Å². The number of rotatable bonds is 5. The molecule has 2 heterocycles. The van der Waals surface area contributed by atoms with Gasteiger partial charge in [-0.1, -0.05) is 12.1 Å². The third kappa shape index (κ3) is 3.23. The molecule has 1 fully saturated rings. The van der Waals surface area contributed by atoms with Crippen LogP contribution in [0.2, 0.25) is 0 Å². The lowest BCUT2D eigenvalue weighted by Crippen LogP contribution is -2.45. The number of methoxy groups -OCH3 is 1. The van der Waals surface area contributed by atoms with Crippen LogP contribution in [0.1, 0.15) is 37.1 Å². The molecular formula is C17H23N3O3. The summed E-state index contributed by atoms with van der Waals surface area (Å²) in [5, 5.41) is 19.1. The van der Waals surface area contributed by atoms with Crippen molar-refractivity contribution in [3.05, 3.63) is 41.6 Å². The molecule has 1 N–H and O–H groups in total. The van der Waals surface area contributed by atoms with Crippen LogP contribution in [0.25, 0.3) is 0 Å². The van der Waals surface area contributed by atoms with E-state index in [1.54, 1.807) is 14.0 Å². The van der Waals surface area contributed by atoms with E-state index in [9.17, 15) is 5.11 Å². The highest BCUT2D eigenvalue weighted by Gasteiger charge is 2.40. The molecule has 0 unspecified atom stereocenters. The monoisotopic (exact) mass is 317 g/mol. The zero-order valence-electron chi connectivity index (χ0n) is 13.8. The Hall–Kier alpha value is -1.92. The largest absolute Gasteiger partial charge is 0.497 e. The van der Waals surface area contributed by atoms with E-state index in [1.165, 1.54) is 0 Å². The lowest BCUT2D eigenvalue weighted by Gasteiger charge is -2.36. The fraction of sp³-hybridized carbons (Fsp3) is 0.529. The van der Waals surface area contributed by atoms with Crippen LogP contribution in [0.5, 0.6) is 5.75 Å². The fourth-order valence-corrected chi connectivity index (χ4v) is 3.35. The first-order chi connectivity index (χ1) is 11.0. The molecule has 0 bridgehead atoms. The van der Waals surface area contributed by atoms with Crippen molar-refractivity contribution in [1.29, 1.82) is 0 Å². The Morgan fingerprint density at radius 2 is 2.09 bits per heavy atom. The Kier molecular flexibility index (Phi) is 4.37. The molecule has 1 aromatic heterocycles. The zero-order valence-corrected chi connectivity index (χ0v) is 13.8. The number of nitrogens with zero attached hydrogens (tertiary/aromatic N) is 3. The SMILES string of the molecule is COc1ccc([C@@](C)(O)[C@@H]2CCCN2Cc2nnc(C)o2)cc1. The van der Waals surface area contributed by atoms with E-state index >= 15 is 0 Å². The fourth-order valence-electron chi connectivity index (χ4n) is 3.35. The molecule has 0 aliphatic carbocycles. The number of aryl methyl sites for hydroxylation is 1. The van der Waals surface area contributed by atoms with Gasteiger partial charge in [-0.3, -0.25) is 4.90 Å². The summed E-state index contributed by atoms with van der Waals surface area (Å²) in [5.74, 6) is 1.95. The van der Waals surface area contributed by atoms with Crippen LogP contribution in [-0.2, 0) is 12.1 Å². The van der Waals surface area contributed by atoms with Gasteiger partial charge in [0.1, 0.15) is 11.4 Å². The first kappa shape index (κ1) is 16.0. The standard InChI is InChI=1S/C17H23N3O3/c1-12-18-19-16(23-12)11-20-10-4-5-15(20)17(2,21)13-6-8-14(22-3)9-7-13/h6-9,15,21H,4-5,10-11H2,1-3H3/t15-,17+/m0/s1. The molecule has 0 spiro atoms. The van der Waals surface area contributed by atoms with Crippen molar-refractivity contribution < 1.29 is 14.3 Å². The van der Waals surface area contributed by atoms with Gasteiger partial charge in [0.2, 0.25) is 11.8 Å². The Morgan fingerprint density at radius 3 is 2.70 bits per heavy atom. The van der Waals surface area contributed by atoms with Crippen LogP contribution >= 0.6 is 0 Å². The second kappa shape index (κ2) is 6.29. The number of hydrogen-bond acceptors (Lipinski definition) is 6. The molecule has 0 amide bonds. The molecule has 2 aromatic rings. The minimum absolute atomic E-state index is 0.0168. The van der Waals surface area contributed by atoms with Gasteiger partial charge in [0, 0.05) is 13.0 Å². The van der Waals surface area contributed by atoms with Gasteiger partial charge in [-0.25, -0.2) is 0 Å². The van der Waals surface area contributed by atoms with Crippen LogP contribution < -0.4 is 4.74 Å². The number of aliphatic hydroxyl groups is 1. The van der Waals surface area contributed by atoms with Crippen molar-refractivity contribution >= 4 is 0 Å². The molecule has 1 saturated heterocycles. The maximum atomic E-state index is 11.2. The lowest BCUT2D eigenvalue weighted by atomic mass is 9.86. The van der Waals surface area contributed by atoms with Gasteiger partial charge in [-0.05, 0) is 44.0 Å². The van der Waals surface area contributed by atoms with Gasteiger partial charge < -0.3 is 14.3 Å². The summed E-state index contributed by atoms with van der Waals surface area (Å²) < 4.78 is 10.7. The minimum atomic E-state index is -0.947. The molecule has 124 valence electrons. The van der Waals surface area contributed by atoms with E-state index in [2.05, 4.69) is 15.1 Å². The summed E-state index contributed by atoms with van der Waals surface area (Å²) in [4.78, 5) is 2.22. The van der Waals surface area contributed by atoms with Gasteiger partial charge in [-0.2, -0.15) is 0 Å². The highest BCUT2D eigenvalue weighted by Crippen LogP contribution is 2.35. The van der Waals surface area contributed by atoms with E-state index in [0.29, 0.717) is 18.3 Å². The summed E-state index contributed by atoms with van der Waals surface area (Å²) in [6.45, 7) is 5.14. The highest BCUT2D eigenvalue weighted by molar-refractivity contribution is 5.31. The topological polar surface area (TPSA) is 71.6 Å². The van der Waals surface area contributed by atoms with Crippen molar-refractivity contribution in [2.45, 2.75) is 44.9 Å². The van der Waals surface area contributed by atoms with Crippen LogP contribution in [0, 0.1) is 6.92 Å². The molecule has 23 heavy (non-hydrogen) atoms. The van der Waals surface area contributed by atoms with Crippen LogP contribution in [0.4, 0.5) is 0 Å². The number of ether oxygens (including phenoxy) is 1. The molecule has 1 aliphatic rings. The summed E-state index contributed by atoms with van der Waals surface area (Å²) >= 11 is 0. The van der Waals surface area contributed by atoms with Crippen molar-refractivity contribution in [1.82, 2.24) is 15.1 Å². The third-order valence-electron chi connectivity index (χ3n) is 4.59. The Morgan fingerprint density at radius 1 is 1.35 bits per heavy atom. The first-order valence-electron chi connectivity index (χ1n) is 7.90. The number of hydrogen-bond donors (Lipinski definition) is 1. The molecule has 1 aliphatic heterocycles. The molecule has 6 heteroatoms. The van der Waals surface area contributed by atoms with Gasteiger partial charge in [-0.15, -0.1) is 10.2 Å². The maximum Gasteiger partial charge on any atom is 0.230 e. The Bertz CT molecular complexity index is 651. The number of aromatic nitrogens is 2. The molecule has 0 saturated carbocycles. The highest BCUT2D eigenvalue weighted by atomic mass is 16.5. The molecule has 0 radical (unpaired) electrons. The quantitative estimate of drug-likeness (QED) is 0.912. The summed E-state index contributed by atoms with van der Waals surface area (Å²) in [6, 6.07) is 7.62. The van der Waals surface area contributed by atoms with Crippen LogP contribution in [-0.4, -0.2) is 39.9 Å². The third-order valence-corrected chi connectivity index (χ3v) is 4.59. The first-order valence-corrected chi connectivity index (χ1v) is 7.90. The predicted octanol–water partition coefficient (Wildman–Crippen LogP) is 2.26. The summed E-state index contributed by atoms with van der Waals surface area (Å²) in [7, 11) is 1.64. The average molecular weight is 317 g/mol. The molecule has 1 aromatic carbocycles. The predicted molar refractivity (Wildman–Crippen MR) is 85.0 cm³/mol. The molecule has 3 rings (SSSR count). The minimum Gasteiger partial charge on any atom is -0.497 e. The Balaban J connectivity index is 1.79. The van der Waals surface area contributed by atoms with Gasteiger partial charge in [0.05, 0.1) is 13.7 Å².